The van der Waals surface area contributed by atoms with E-state index in [0.717, 1.165) is 29.1 Å². The van der Waals surface area contributed by atoms with E-state index < -0.39 is 0 Å². The van der Waals surface area contributed by atoms with Crippen molar-refractivity contribution in [1.29, 1.82) is 0 Å². The summed E-state index contributed by atoms with van der Waals surface area (Å²) in [4.78, 5) is 16.2. The number of rotatable bonds is 3. The number of methoxy groups -OCH3 is 1. The molecular formula is C18H16ClNO2. The van der Waals surface area contributed by atoms with E-state index in [0.29, 0.717) is 5.56 Å². The van der Waals surface area contributed by atoms with Gasteiger partial charge in [0, 0.05) is 11.2 Å². The molecule has 4 heteroatoms. The molecule has 1 aliphatic carbocycles. The Labute approximate surface area is 134 Å². The van der Waals surface area contributed by atoms with Gasteiger partial charge in [-0.2, -0.15) is 0 Å². The van der Waals surface area contributed by atoms with Crippen LogP contribution >= 0.6 is 11.6 Å². The van der Waals surface area contributed by atoms with Gasteiger partial charge in [-0.3, -0.25) is 4.98 Å². The van der Waals surface area contributed by atoms with Crippen molar-refractivity contribution in [3.8, 4) is 0 Å². The third kappa shape index (κ3) is 2.77. The molecule has 0 unspecified atom stereocenters. The molecule has 1 heterocycles. The molecule has 1 aromatic carbocycles. The van der Waals surface area contributed by atoms with Crippen molar-refractivity contribution in [3.05, 3.63) is 69.0 Å². The minimum atomic E-state index is -0.309. The van der Waals surface area contributed by atoms with Crippen LogP contribution < -0.4 is 0 Å². The number of allylic oxidation sites excluding steroid dienone is 1. The first kappa shape index (κ1) is 14.8. The van der Waals surface area contributed by atoms with Crippen LogP contribution in [0.4, 0.5) is 0 Å². The van der Waals surface area contributed by atoms with Gasteiger partial charge in [0.15, 0.2) is 0 Å². The maximum atomic E-state index is 11.8. The van der Waals surface area contributed by atoms with Crippen LogP contribution in [-0.4, -0.2) is 18.1 Å². The van der Waals surface area contributed by atoms with E-state index in [1.54, 1.807) is 12.3 Å². The van der Waals surface area contributed by atoms with E-state index in [1.807, 2.05) is 12.1 Å². The van der Waals surface area contributed by atoms with Gasteiger partial charge < -0.3 is 4.74 Å². The number of carbonyl (C=O) groups is 1. The molecule has 1 aromatic heterocycles. The van der Waals surface area contributed by atoms with Crippen LogP contribution in [-0.2, 0) is 17.6 Å². The van der Waals surface area contributed by atoms with E-state index in [9.17, 15) is 4.79 Å². The molecule has 112 valence electrons. The normalized spacial score (nSPS) is 12.8. The fourth-order valence-electron chi connectivity index (χ4n) is 2.81. The highest BCUT2D eigenvalue weighted by Gasteiger charge is 2.21. The van der Waals surface area contributed by atoms with Crippen molar-refractivity contribution >= 4 is 23.6 Å². The average molecular weight is 314 g/mol. The van der Waals surface area contributed by atoms with Gasteiger partial charge in [0.25, 0.3) is 0 Å². The van der Waals surface area contributed by atoms with Gasteiger partial charge in [0.05, 0.1) is 18.4 Å². The molecule has 0 saturated heterocycles. The van der Waals surface area contributed by atoms with Crippen LogP contribution in [0.2, 0.25) is 5.02 Å². The molecule has 3 nitrogen and oxygen atoms in total. The lowest BCUT2D eigenvalue weighted by molar-refractivity contribution is 0.0599. The predicted molar refractivity (Wildman–Crippen MR) is 87.2 cm³/mol. The summed E-state index contributed by atoms with van der Waals surface area (Å²) in [5.41, 5.74) is 6.07. The first-order chi connectivity index (χ1) is 10.6. The SMILES string of the molecule is COC(=O)c1ccnc2c1CC(Cc1ccc(Cl)cc1C)=C2. The molecule has 0 atom stereocenters. The highest BCUT2D eigenvalue weighted by atomic mass is 35.5. The number of nitrogens with zero attached hydrogens (tertiary/aromatic N) is 1. The monoisotopic (exact) mass is 313 g/mol. The Hall–Kier alpha value is -2.13. The molecule has 0 N–H and O–H groups in total. The number of hydrogen-bond donors (Lipinski definition) is 0. The summed E-state index contributed by atoms with van der Waals surface area (Å²) in [6.07, 6.45) is 5.28. The van der Waals surface area contributed by atoms with Gasteiger partial charge in [0.1, 0.15) is 0 Å². The molecule has 0 aliphatic heterocycles. The molecule has 0 fully saturated rings. The summed E-state index contributed by atoms with van der Waals surface area (Å²) in [5, 5.41) is 0.750. The van der Waals surface area contributed by atoms with Gasteiger partial charge in [-0.15, -0.1) is 0 Å². The number of aryl methyl sites for hydroxylation is 1. The summed E-state index contributed by atoms with van der Waals surface area (Å²) < 4.78 is 4.84. The Kier molecular flexibility index (Phi) is 3.99. The Morgan fingerprint density at radius 3 is 2.91 bits per heavy atom. The van der Waals surface area contributed by atoms with Crippen LogP contribution in [0.3, 0.4) is 0 Å². The largest absolute Gasteiger partial charge is 0.465 e. The van der Waals surface area contributed by atoms with Crippen molar-refractivity contribution < 1.29 is 9.53 Å². The lowest BCUT2D eigenvalue weighted by Gasteiger charge is -2.08. The summed E-state index contributed by atoms with van der Waals surface area (Å²) in [6, 6.07) is 7.65. The summed E-state index contributed by atoms with van der Waals surface area (Å²) in [5.74, 6) is -0.309. The highest BCUT2D eigenvalue weighted by Crippen LogP contribution is 2.29. The van der Waals surface area contributed by atoms with Crippen LogP contribution in [0, 0.1) is 6.92 Å². The zero-order valence-corrected chi connectivity index (χ0v) is 13.3. The third-order valence-electron chi connectivity index (χ3n) is 3.96. The van der Waals surface area contributed by atoms with Gasteiger partial charge >= 0.3 is 5.97 Å². The molecule has 0 bridgehead atoms. The second kappa shape index (κ2) is 5.93. The number of aromatic nitrogens is 1. The number of ether oxygens (including phenoxy) is 1. The van der Waals surface area contributed by atoms with E-state index >= 15 is 0 Å². The fourth-order valence-corrected chi connectivity index (χ4v) is 3.03. The standard InChI is InChI=1S/C18H16ClNO2/c1-11-7-14(19)4-3-13(11)8-12-9-16-15(18(21)22-2)5-6-20-17(16)10-12/h3-7,10H,8-9H2,1-2H3. The lowest BCUT2D eigenvalue weighted by atomic mass is 9.98. The van der Waals surface area contributed by atoms with Crippen molar-refractivity contribution in [2.75, 3.05) is 7.11 Å². The van der Waals surface area contributed by atoms with Crippen molar-refractivity contribution in [1.82, 2.24) is 4.98 Å². The first-order valence-electron chi connectivity index (χ1n) is 7.09. The topological polar surface area (TPSA) is 39.2 Å². The fraction of sp³-hybridized carbons (Fsp3) is 0.222. The Balaban J connectivity index is 1.86. The maximum absolute atomic E-state index is 11.8. The predicted octanol–water partition coefficient (Wildman–Crippen LogP) is 4.01. The molecule has 1 aliphatic rings. The van der Waals surface area contributed by atoms with Crippen LogP contribution in [0.5, 0.6) is 0 Å². The highest BCUT2D eigenvalue weighted by molar-refractivity contribution is 6.30. The molecule has 3 rings (SSSR count). The number of carbonyl (C=O) groups excluding carboxylic acids is 1. The molecule has 0 amide bonds. The van der Waals surface area contributed by atoms with E-state index in [1.165, 1.54) is 23.8 Å². The number of pyridine rings is 1. The Morgan fingerprint density at radius 2 is 2.18 bits per heavy atom. The smallest absolute Gasteiger partial charge is 0.338 e. The first-order valence-corrected chi connectivity index (χ1v) is 7.47. The third-order valence-corrected chi connectivity index (χ3v) is 4.20. The van der Waals surface area contributed by atoms with Crippen molar-refractivity contribution in [3.63, 3.8) is 0 Å². The average Bonchev–Trinajstić information content (AvgIpc) is 2.91. The molecular weight excluding hydrogens is 298 g/mol. The van der Waals surface area contributed by atoms with Gasteiger partial charge in [-0.1, -0.05) is 23.2 Å². The molecule has 0 radical (unpaired) electrons. The summed E-state index contributed by atoms with van der Waals surface area (Å²) >= 11 is 6.00. The minimum Gasteiger partial charge on any atom is -0.465 e. The summed E-state index contributed by atoms with van der Waals surface area (Å²) in [7, 11) is 1.40. The second-order valence-electron chi connectivity index (χ2n) is 5.44. The van der Waals surface area contributed by atoms with E-state index in [-0.39, 0.29) is 5.97 Å². The number of halogens is 1. The number of benzene rings is 1. The number of fused-ring (bicyclic) bond motifs is 1. The molecule has 22 heavy (non-hydrogen) atoms. The van der Waals surface area contributed by atoms with Crippen LogP contribution in [0.1, 0.15) is 32.7 Å². The molecule has 0 saturated carbocycles. The van der Waals surface area contributed by atoms with Gasteiger partial charge in [-0.05, 0) is 60.7 Å². The number of hydrogen-bond acceptors (Lipinski definition) is 3. The van der Waals surface area contributed by atoms with Gasteiger partial charge in [-0.25, -0.2) is 4.79 Å². The Morgan fingerprint density at radius 1 is 1.36 bits per heavy atom. The minimum absolute atomic E-state index is 0.309. The van der Waals surface area contributed by atoms with Crippen LogP contribution in [0.15, 0.2) is 36.0 Å². The maximum Gasteiger partial charge on any atom is 0.338 e. The summed E-state index contributed by atoms with van der Waals surface area (Å²) in [6.45, 7) is 2.06. The molecule has 0 spiro atoms. The Bertz CT molecular complexity index is 781. The molecule has 2 aromatic rings. The zero-order chi connectivity index (χ0) is 15.7. The van der Waals surface area contributed by atoms with Gasteiger partial charge in [0.2, 0.25) is 0 Å². The number of esters is 1. The lowest BCUT2D eigenvalue weighted by Crippen LogP contribution is -2.07. The quantitative estimate of drug-likeness (QED) is 0.804. The van der Waals surface area contributed by atoms with E-state index in [4.69, 9.17) is 16.3 Å². The second-order valence-corrected chi connectivity index (χ2v) is 5.88. The van der Waals surface area contributed by atoms with E-state index in [2.05, 4.69) is 24.1 Å². The van der Waals surface area contributed by atoms with Crippen molar-refractivity contribution in [2.24, 2.45) is 0 Å². The van der Waals surface area contributed by atoms with Crippen molar-refractivity contribution in [2.45, 2.75) is 19.8 Å². The zero-order valence-electron chi connectivity index (χ0n) is 12.5. The van der Waals surface area contributed by atoms with Crippen LogP contribution in [0.25, 0.3) is 6.08 Å².